The maximum absolute atomic E-state index is 9.22. The molecule has 0 aliphatic carbocycles. The van der Waals surface area contributed by atoms with E-state index in [2.05, 4.69) is 24.3 Å². The maximum Gasteiger partial charge on any atom is 0.115 e. The summed E-state index contributed by atoms with van der Waals surface area (Å²) in [5.74, 6) is 0.302. The highest BCUT2D eigenvalue weighted by Gasteiger charge is 2.09. The summed E-state index contributed by atoms with van der Waals surface area (Å²) in [7, 11) is 0. The van der Waals surface area contributed by atoms with Gasteiger partial charge in [0.25, 0.3) is 0 Å². The van der Waals surface area contributed by atoms with Gasteiger partial charge in [-0.25, -0.2) is 0 Å². The predicted molar refractivity (Wildman–Crippen MR) is 71.3 cm³/mol. The van der Waals surface area contributed by atoms with Crippen LogP contribution >= 0.6 is 0 Å². The molecule has 0 spiro atoms. The van der Waals surface area contributed by atoms with E-state index in [-0.39, 0.29) is 6.04 Å². The van der Waals surface area contributed by atoms with E-state index in [9.17, 15) is 5.11 Å². The third-order valence-corrected chi connectivity index (χ3v) is 3.04. The number of nitrogens with zero attached hydrogens (tertiary/aromatic N) is 2. The Morgan fingerprint density at radius 3 is 2.67 bits per heavy atom. The van der Waals surface area contributed by atoms with E-state index in [0.29, 0.717) is 5.75 Å². The van der Waals surface area contributed by atoms with Gasteiger partial charge in [-0.05, 0) is 37.6 Å². The first-order valence-corrected chi connectivity index (χ1v) is 6.23. The standard InChI is InChI=1S/C14H19N3O/c1-3-17-14(8-9-16-17)11(2)15-10-12-4-6-13(18)7-5-12/h4-9,11,15,18H,3,10H2,1-2H3. The van der Waals surface area contributed by atoms with Crippen molar-refractivity contribution in [3.05, 3.63) is 47.8 Å². The average Bonchev–Trinajstić information content (AvgIpc) is 2.86. The Morgan fingerprint density at radius 1 is 1.28 bits per heavy atom. The number of hydrogen-bond acceptors (Lipinski definition) is 3. The lowest BCUT2D eigenvalue weighted by Gasteiger charge is -2.15. The van der Waals surface area contributed by atoms with Gasteiger partial charge in [-0.1, -0.05) is 12.1 Å². The second kappa shape index (κ2) is 5.69. The number of aryl methyl sites for hydroxylation is 1. The topological polar surface area (TPSA) is 50.1 Å². The van der Waals surface area contributed by atoms with Crippen molar-refractivity contribution in [3.63, 3.8) is 0 Å². The van der Waals surface area contributed by atoms with Gasteiger partial charge in [-0.2, -0.15) is 5.10 Å². The molecule has 4 heteroatoms. The first-order valence-electron chi connectivity index (χ1n) is 6.23. The number of aromatic hydroxyl groups is 1. The Hall–Kier alpha value is -1.81. The normalized spacial score (nSPS) is 12.6. The number of phenols is 1. The highest BCUT2D eigenvalue weighted by molar-refractivity contribution is 5.25. The van der Waals surface area contributed by atoms with E-state index in [1.807, 2.05) is 29.1 Å². The largest absolute Gasteiger partial charge is 0.508 e. The fourth-order valence-electron chi connectivity index (χ4n) is 1.96. The molecular weight excluding hydrogens is 226 g/mol. The van der Waals surface area contributed by atoms with Gasteiger partial charge in [-0.15, -0.1) is 0 Å². The van der Waals surface area contributed by atoms with Gasteiger partial charge in [0.2, 0.25) is 0 Å². The molecule has 0 aliphatic rings. The zero-order chi connectivity index (χ0) is 13.0. The average molecular weight is 245 g/mol. The van der Waals surface area contributed by atoms with Crippen LogP contribution in [0, 0.1) is 0 Å². The number of aromatic nitrogens is 2. The van der Waals surface area contributed by atoms with E-state index in [1.54, 1.807) is 12.1 Å². The first-order chi connectivity index (χ1) is 8.70. The maximum atomic E-state index is 9.22. The van der Waals surface area contributed by atoms with Gasteiger partial charge in [0.1, 0.15) is 5.75 Å². The number of benzene rings is 1. The van der Waals surface area contributed by atoms with Crippen LogP contribution in [-0.2, 0) is 13.1 Å². The predicted octanol–water partition coefficient (Wildman–Crippen LogP) is 2.46. The molecule has 1 unspecified atom stereocenters. The Kier molecular flexibility index (Phi) is 3.99. The molecule has 2 N–H and O–H groups in total. The Balaban J connectivity index is 1.96. The molecule has 0 fully saturated rings. The molecule has 0 radical (unpaired) electrons. The van der Waals surface area contributed by atoms with Crippen molar-refractivity contribution in [2.24, 2.45) is 0 Å². The zero-order valence-electron chi connectivity index (χ0n) is 10.8. The van der Waals surface area contributed by atoms with Crippen LogP contribution in [0.3, 0.4) is 0 Å². The van der Waals surface area contributed by atoms with Gasteiger partial charge < -0.3 is 10.4 Å². The van der Waals surface area contributed by atoms with Crippen LogP contribution in [0.25, 0.3) is 0 Å². The summed E-state index contributed by atoms with van der Waals surface area (Å²) < 4.78 is 1.99. The minimum atomic E-state index is 0.251. The molecule has 1 aromatic carbocycles. The lowest BCUT2D eigenvalue weighted by atomic mass is 10.2. The number of nitrogens with one attached hydrogen (secondary N) is 1. The third-order valence-electron chi connectivity index (χ3n) is 3.04. The lowest BCUT2D eigenvalue weighted by molar-refractivity contribution is 0.474. The summed E-state index contributed by atoms with van der Waals surface area (Å²) in [5.41, 5.74) is 2.35. The Morgan fingerprint density at radius 2 is 2.00 bits per heavy atom. The van der Waals surface area contributed by atoms with Crippen LogP contribution in [0.4, 0.5) is 0 Å². The molecule has 2 aromatic rings. The molecule has 0 saturated carbocycles. The summed E-state index contributed by atoms with van der Waals surface area (Å²) in [6.45, 7) is 5.87. The SMILES string of the molecule is CCn1nccc1C(C)NCc1ccc(O)cc1. The molecule has 96 valence electrons. The number of phenolic OH excluding ortho intramolecular Hbond substituents is 1. The highest BCUT2D eigenvalue weighted by Crippen LogP contribution is 2.14. The van der Waals surface area contributed by atoms with Crippen molar-refractivity contribution in [2.75, 3.05) is 0 Å². The van der Waals surface area contributed by atoms with E-state index in [0.717, 1.165) is 18.7 Å². The molecule has 1 aromatic heterocycles. The first kappa shape index (κ1) is 12.6. The summed E-state index contributed by atoms with van der Waals surface area (Å²) in [6.07, 6.45) is 1.83. The fourth-order valence-corrected chi connectivity index (χ4v) is 1.96. The smallest absolute Gasteiger partial charge is 0.115 e. The molecule has 0 saturated heterocycles. The molecule has 0 amide bonds. The summed E-state index contributed by atoms with van der Waals surface area (Å²) in [4.78, 5) is 0. The van der Waals surface area contributed by atoms with Crippen LogP contribution in [0.15, 0.2) is 36.5 Å². The lowest BCUT2D eigenvalue weighted by Crippen LogP contribution is -2.21. The molecule has 1 atom stereocenters. The molecular formula is C14H19N3O. The van der Waals surface area contributed by atoms with Crippen molar-refractivity contribution in [2.45, 2.75) is 33.0 Å². The van der Waals surface area contributed by atoms with Crippen molar-refractivity contribution in [1.82, 2.24) is 15.1 Å². The van der Waals surface area contributed by atoms with Crippen LogP contribution < -0.4 is 5.32 Å². The molecule has 0 aliphatic heterocycles. The van der Waals surface area contributed by atoms with Crippen LogP contribution in [-0.4, -0.2) is 14.9 Å². The number of hydrogen-bond donors (Lipinski definition) is 2. The molecule has 18 heavy (non-hydrogen) atoms. The number of rotatable bonds is 5. The Bertz CT molecular complexity index is 490. The molecule has 1 heterocycles. The fraction of sp³-hybridized carbons (Fsp3) is 0.357. The van der Waals surface area contributed by atoms with Crippen LogP contribution in [0.5, 0.6) is 5.75 Å². The Labute approximate surface area is 107 Å². The second-order valence-electron chi connectivity index (χ2n) is 4.34. The van der Waals surface area contributed by atoms with Crippen molar-refractivity contribution >= 4 is 0 Å². The monoisotopic (exact) mass is 245 g/mol. The van der Waals surface area contributed by atoms with Crippen LogP contribution in [0.2, 0.25) is 0 Å². The van der Waals surface area contributed by atoms with Gasteiger partial charge >= 0.3 is 0 Å². The van der Waals surface area contributed by atoms with Crippen molar-refractivity contribution < 1.29 is 5.11 Å². The van der Waals surface area contributed by atoms with Gasteiger partial charge in [0, 0.05) is 25.3 Å². The van der Waals surface area contributed by atoms with E-state index in [1.165, 1.54) is 5.69 Å². The minimum absolute atomic E-state index is 0.251. The van der Waals surface area contributed by atoms with Crippen molar-refractivity contribution in [1.29, 1.82) is 0 Å². The second-order valence-corrected chi connectivity index (χ2v) is 4.34. The van der Waals surface area contributed by atoms with Gasteiger partial charge in [-0.3, -0.25) is 4.68 Å². The molecule has 0 bridgehead atoms. The summed E-state index contributed by atoms with van der Waals surface area (Å²) in [6, 6.07) is 9.55. The van der Waals surface area contributed by atoms with Crippen molar-refractivity contribution in [3.8, 4) is 5.75 Å². The zero-order valence-corrected chi connectivity index (χ0v) is 10.8. The molecule has 2 rings (SSSR count). The summed E-state index contributed by atoms with van der Waals surface area (Å²) >= 11 is 0. The minimum Gasteiger partial charge on any atom is -0.508 e. The highest BCUT2D eigenvalue weighted by atomic mass is 16.3. The van der Waals surface area contributed by atoms with Gasteiger partial charge in [0.05, 0.1) is 5.69 Å². The van der Waals surface area contributed by atoms with Gasteiger partial charge in [0.15, 0.2) is 0 Å². The van der Waals surface area contributed by atoms with E-state index in [4.69, 9.17) is 0 Å². The van der Waals surface area contributed by atoms with E-state index >= 15 is 0 Å². The quantitative estimate of drug-likeness (QED) is 0.850. The third kappa shape index (κ3) is 2.90. The summed E-state index contributed by atoms with van der Waals surface area (Å²) in [5, 5.41) is 16.9. The molecule has 4 nitrogen and oxygen atoms in total. The van der Waals surface area contributed by atoms with Crippen LogP contribution in [0.1, 0.15) is 31.1 Å². The van der Waals surface area contributed by atoms with E-state index < -0.39 is 0 Å².